The molecule has 0 spiro atoms. The second kappa shape index (κ2) is 24.1. The SMILES string of the molecule is Cc1nc2ccccc2n1-c1ccc(-c2c3ccccc3c(-c3ccc4sc5c6ccccc6c6ccccc6c5c4c3)c3ccccc23)cc1.c1ccc(-c2cc(-c3ccccc3)nc(-c3c4ccccc4c(-c4ccc5sc6c7ccccc7c7ccccc7c6c5c4)c4ccccc34)n2)cc1. The van der Waals surface area contributed by atoms with E-state index in [0.717, 1.165) is 67.2 Å². The molecule has 22 rings (SSSR count). The molecular weight excluding hydrogens is 1300 g/mol. The third kappa shape index (κ3) is 9.46. The van der Waals surface area contributed by atoms with E-state index in [9.17, 15) is 0 Å². The van der Waals surface area contributed by atoms with Crippen molar-refractivity contribution >= 4 is 160 Å². The molecule has 0 radical (unpaired) electrons. The highest BCUT2D eigenvalue weighted by atomic mass is 32.1. The van der Waals surface area contributed by atoms with E-state index in [2.05, 4.69) is 339 Å². The van der Waals surface area contributed by atoms with Crippen LogP contribution in [0.5, 0.6) is 0 Å². The molecule has 0 saturated heterocycles. The van der Waals surface area contributed by atoms with Crippen LogP contribution in [0.1, 0.15) is 5.82 Å². The maximum atomic E-state index is 5.31. The molecule has 0 bridgehead atoms. The van der Waals surface area contributed by atoms with Crippen LogP contribution in [0.2, 0.25) is 0 Å². The molecule has 4 heterocycles. The van der Waals surface area contributed by atoms with Crippen molar-refractivity contribution in [2.45, 2.75) is 6.92 Å². The van der Waals surface area contributed by atoms with Crippen LogP contribution in [-0.2, 0) is 0 Å². The maximum absolute atomic E-state index is 5.31. The largest absolute Gasteiger partial charge is 0.297 e. The smallest absolute Gasteiger partial charge is 0.161 e. The first-order valence-electron chi connectivity index (χ1n) is 35.5. The monoisotopic (exact) mass is 1360 g/mol. The van der Waals surface area contributed by atoms with Crippen LogP contribution in [-0.4, -0.2) is 19.5 Å². The molecule has 104 heavy (non-hydrogen) atoms. The lowest BCUT2D eigenvalue weighted by atomic mass is 9.85. The highest BCUT2D eigenvalue weighted by Crippen LogP contribution is 2.51. The van der Waals surface area contributed by atoms with Crippen LogP contribution in [0.4, 0.5) is 0 Å². The average molecular weight is 1360 g/mol. The summed E-state index contributed by atoms with van der Waals surface area (Å²) in [4.78, 5) is 15.4. The van der Waals surface area contributed by atoms with Gasteiger partial charge in [0.2, 0.25) is 0 Å². The van der Waals surface area contributed by atoms with Crippen LogP contribution in [0, 0.1) is 6.92 Å². The summed E-state index contributed by atoms with van der Waals surface area (Å²) in [6.07, 6.45) is 0. The predicted octanol–water partition coefficient (Wildman–Crippen LogP) is 27.8. The predicted molar refractivity (Wildman–Crippen MR) is 446 cm³/mol. The fourth-order valence-electron chi connectivity index (χ4n) is 16.9. The molecule has 0 N–H and O–H groups in total. The molecule has 0 amide bonds. The quantitative estimate of drug-likeness (QED) is 0.118. The minimum Gasteiger partial charge on any atom is -0.297 e. The lowest BCUT2D eigenvalue weighted by Gasteiger charge is -2.18. The minimum atomic E-state index is 0.724. The van der Waals surface area contributed by atoms with Crippen molar-refractivity contribution < 1.29 is 0 Å². The summed E-state index contributed by atoms with van der Waals surface area (Å²) in [7, 11) is 0. The molecule has 4 nitrogen and oxygen atoms in total. The summed E-state index contributed by atoms with van der Waals surface area (Å²) in [6.45, 7) is 2.08. The molecule has 484 valence electrons. The molecule has 0 fully saturated rings. The third-order valence-corrected chi connectivity index (χ3v) is 23.8. The van der Waals surface area contributed by atoms with Gasteiger partial charge in [-0.2, -0.15) is 0 Å². The van der Waals surface area contributed by atoms with Crippen molar-refractivity contribution in [2.75, 3.05) is 0 Å². The van der Waals surface area contributed by atoms with Crippen LogP contribution in [0.3, 0.4) is 0 Å². The van der Waals surface area contributed by atoms with E-state index in [1.165, 1.54) is 149 Å². The fourth-order valence-corrected chi connectivity index (χ4v) is 19.4. The number of benzene rings is 18. The standard InChI is InChI=1S/C50H30N2S.C48H30N2S/c1-3-15-31(16-4-1)43-30-44(32-17-5-2-6-18-32)52-50(51-43)48-39-24-12-10-22-37(39)46(38-23-11-13-25-40(38)48)33-27-28-45-42(29-33)47-36-21-9-7-19-34(36)35-20-8-14-26-41(35)49(47)53-45;1-29-49-42-20-10-11-21-43(42)50(29)32-25-22-30(23-26-32)45-36-15-5-7-17-38(36)46(39-18-8-6-16-37(39)45)31-24-27-44-41(28-31)47-35-14-4-2-12-33(35)34-13-3-9-19-40(34)48(47)51-44/h1-30H;2-28H,1H3. The topological polar surface area (TPSA) is 43.6 Å². The molecule has 4 aromatic heterocycles. The van der Waals surface area contributed by atoms with E-state index in [-0.39, 0.29) is 0 Å². The third-order valence-electron chi connectivity index (χ3n) is 21.4. The van der Waals surface area contributed by atoms with Crippen LogP contribution in [0.15, 0.2) is 346 Å². The van der Waals surface area contributed by atoms with Crippen molar-refractivity contribution in [3.63, 3.8) is 0 Å². The number of para-hydroxylation sites is 2. The highest BCUT2D eigenvalue weighted by molar-refractivity contribution is 7.27. The fraction of sp³-hybridized carbons (Fsp3) is 0.0102. The van der Waals surface area contributed by atoms with E-state index in [1.54, 1.807) is 0 Å². The van der Waals surface area contributed by atoms with Gasteiger partial charge < -0.3 is 0 Å². The summed E-state index contributed by atoms with van der Waals surface area (Å²) in [5.41, 5.74) is 15.7. The van der Waals surface area contributed by atoms with Gasteiger partial charge in [-0.25, -0.2) is 15.0 Å². The second-order valence-corrected chi connectivity index (χ2v) is 29.2. The van der Waals surface area contributed by atoms with Gasteiger partial charge in [-0.05, 0) is 170 Å². The zero-order chi connectivity index (χ0) is 68.5. The van der Waals surface area contributed by atoms with E-state index in [0.29, 0.717) is 0 Å². The van der Waals surface area contributed by atoms with E-state index < -0.39 is 0 Å². The number of aromatic nitrogens is 4. The van der Waals surface area contributed by atoms with E-state index in [4.69, 9.17) is 15.0 Å². The van der Waals surface area contributed by atoms with Crippen molar-refractivity contribution in [3.05, 3.63) is 352 Å². The summed E-state index contributed by atoms with van der Waals surface area (Å²) < 4.78 is 7.58. The second-order valence-electron chi connectivity index (χ2n) is 27.1. The first-order chi connectivity index (χ1) is 51.5. The van der Waals surface area contributed by atoms with Crippen molar-refractivity contribution in [3.8, 4) is 73.0 Å². The van der Waals surface area contributed by atoms with Gasteiger partial charge in [0.25, 0.3) is 0 Å². The Bertz CT molecular complexity index is 7120. The maximum Gasteiger partial charge on any atom is 0.161 e. The molecular formula is C98H60N4S2. The van der Waals surface area contributed by atoms with E-state index in [1.807, 2.05) is 40.9 Å². The molecule has 0 atom stereocenters. The molecule has 0 unspecified atom stereocenters. The van der Waals surface area contributed by atoms with Crippen LogP contribution < -0.4 is 0 Å². The van der Waals surface area contributed by atoms with Gasteiger partial charge in [-0.1, -0.05) is 291 Å². The number of thiophene rings is 2. The Labute approximate surface area is 606 Å². The molecule has 0 aliphatic carbocycles. The number of hydrogen-bond acceptors (Lipinski definition) is 5. The highest BCUT2D eigenvalue weighted by Gasteiger charge is 2.24. The van der Waals surface area contributed by atoms with Crippen molar-refractivity contribution in [2.24, 2.45) is 0 Å². The zero-order valence-electron chi connectivity index (χ0n) is 56.5. The van der Waals surface area contributed by atoms with E-state index >= 15 is 0 Å². The summed E-state index contributed by atoms with van der Waals surface area (Å²) in [5, 5.41) is 25.5. The first kappa shape index (κ1) is 59.9. The van der Waals surface area contributed by atoms with Gasteiger partial charge in [0.1, 0.15) is 5.82 Å². The lowest BCUT2D eigenvalue weighted by Crippen LogP contribution is -1.98. The number of hydrogen-bond donors (Lipinski definition) is 0. The minimum absolute atomic E-state index is 0.724. The normalized spacial score (nSPS) is 11.9. The Morgan fingerprint density at radius 2 is 0.567 bits per heavy atom. The van der Waals surface area contributed by atoms with Crippen LogP contribution >= 0.6 is 22.7 Å². The Morgan fingerprint density at radius 1 is 0.240 bits per heavy atom. The Balaban J connectivity index is 0.000000134. The van der Waals surface area contributed by atoms with Crippen LogP contribution in [0.25, 0.3) is 211 Å². The summed E-state index contributed by atoms with van der Waals surface area (Å²) >= 11 is 3.81. The van der Waals surface area contributed by atoms with Gasteiger partial charge in [0.05, 0.1) is 22.4 Å². The number of aryl methyl sites for hydroxylation is 1. The average Bonchev–Trinajstić information content (AvgIpc) is 1.58. The number of fused-ring (bicyclic) bond motifs is 21. The Morgan fingerprint density at radius 3 is 0.990 bits per heavy atom. The first-order valence-corrected chi connectivity index (χ1v) is 37.1. The number of rotatable bonds is 7. The van der Waals surface area contributed by atoms with Crippen molar-refractivity contribution in [1.82, 2.24) is 19.5 Å². The molecule has 0 aliphatic heterocycles. The number of imidazole rings is 1. The lowest BCUT2D eigenvalue weighted by molar-refractivity contribution is 1.00. The molecule has 18 aromatic carbocycles. The van der Waals surface area contributed by atoms with Gasteiger partial charge >= 0.3 is 0 Å². The van der Waals surface area contributed by atoms with Gasteiger partial charge in [0.15, 0.2) is 5.82 Å². The summed E-state index contributed by atoms with van der Waals surface area (Å²) in [6, 6.07) is 125. The van der Waals surface area contributed by atoms with Gasteiger partial charge in [0, 0.05) is 73.5 Å². The Kier molecular flexibility index (Phi) is 13.9. The Hall–Kier alpha value is -13.0. The molecule has 0 aliphatic rings. The summed E-state index contributed by atoms with van der Waals surface area (Å²) in [5.74, 6) is 1.71. The van der Waals surface area contributed by atoms with Crippen molar-refractivity contribution in [1.29, 1.82) is 0 Å². The van der Waals surface area contributed by atoms with Gasteiger partial charge in [-0.3, -0.25) is 4.57 Å². The molecule has 22 aromatic rings. The molecule has 0 saturated carbocycles. The zero-order valence-corrected chi connectivity index (χ0v) is 58.1. The number of nitrogens with zero attached hydrogens (tertiary/aromatic N) is 4. The van der Waals surface area contributed by atoms with Gasteiger partial charge in [-0.15, -0.1) is 22.7 Å². The molecule has 6 heteroatoms.